The molecule has 10 heteroatoms. The van der Waals surface area contributed by atoms with Crippen LogP contribution in [0.5, 0.6) is 0 Å². The molecule has 34 heavy (non-hydrogen) atoms. The minimum atomic E-state index is -0.917. The molecule has 178 valence electrons. The van der Waals surface area contributed by atoms with Crippen LogP contribution in [-0.2, 0) is 4.79 Å². The first-order valence-electron chi connectivity index (χ1n) is 11.1. The fraction of sp³-hybridized carbons (Fsp3) is 0.333. The van der Waals surface area contributed by atoms with E-state index in [1.54, 1.807) is 0 Å². The second-order valence-corrected chi connectivity index (χ2v) is 8.20. The molecule has 0 unspecified atom stereocenters. The fourth-order valence-electron chi connectivity index (χ4n) is 3.95. The maximum atomic E-state index is 14.7. The van der Waals surface area contributed by atoms with Gasteiger partial charge in [-0.15, -0.1) is 0 Å². The Morgan fingerprint density at radius 1 is 1.21 bits per heavy atom. The molecule has 1 saturated heterocycles. The third kappa shape index (κ3) is 4.54. The van der Waals surface area contributed by atoms with Gasteiger partial charge < -0.3 is 10.4 Å². The minimum absolute atomic E-state index is 0.00951. The molecule has 3 heterocycles. The largest absolute Gasteiger partial charge is 0.391 e. The van der Waals surface area contributed by atoms with Gasteiger partial charge in [-0.1, -0.05) is 19.8 Å². The van der Waals surface area contributed by atoms with Gasteiger partial charge in [0.15, 0.2) is 5.65 Å². The minimum Gasteiger partial charge on any atom is -0.391 e. The van der Waals surface area contributed by atoms with Gasteiger partial charge in [-0.3, -0.25) is 23.9 Å². The van der Waals surface area contributed by atoms with Gasteiger partial charge in [-0.2, -0.15) is 0 Å². The monoisotopic (exact) mass is 470 g/mol. The number of fused-ring (bicyclic) bond motifs is 1. The van der Waals surface area contributed by atoms with E-state index in [1.807, 2.05) is 6.92 Å². The van der Waals surface area contributed by atoms with Gasteiger partial charge in [0.05, 0.1) is 30.1 Å². The number of nitrogens with zero attached hydrogens (tertiary/aromatic N) is 3. The number of unbranched alkanes of at least 4 members (excludes halogenated alkanes) is 2. The number of hydrogen-bond acceptors (Lipinski definition) is 5. The van der Waals surface area contributed by atoms with Crippen LogP contribution in [0.1, 0.15) is 43.0 Å². The van der Waals surface area contributed by atoms with Gasteiger partial charge in [0.1, 0.15) is 23.0 Å². The van der Waals surface area contributed by atoms with Gasteiger partial charge in [0, 0.05) is 18.8 Å². The first kappa shape index (κ1) is 23.5. The maximum Gasteiger partial charge on any atom is 0.256 e. The van der Waals surface area contributed by atoms with Gasteiger partial charge in [-0.05, 0) is 30.7 Å². The smallest absolute Gasteiger partial charge is 0.256 e. The number of carbonyl (C=O) groups is 2. The lowest BCUT2D eigenvalue weighted by molar-refractivity contribution is -0.117. The lowest BCUT2D eigenvalue weighted by Crippen LogP contribution is -2.31. The molecule has 1 aliphatic heterocycles. The molecular weight excluding hydrogens is 446 g/mol. The van der Waals surface area contributed by atoms with Crippen molar-refractivity contribution in [2.24, 2.45) is 0 Å². The van der Waals surface area contributed by atoms with E-state index >= 15 is 0 Å². The summed E-state index contributed by atoms with van der Waals surface area (Å²) in [6.07, 6.45) is 2.90. The molecular formula is C24H24F2N4O4. The van der Waals surface area contributed by atoms with Gasteiger partial charge >= 0.3 is 0 Å². The summed E-state index contributed by atoms with van der Waals surface area (Å²) in [5.74, 6) is -2.49. The summed E-state index contributed by atoms with van der Waals surface area (Å²) in [6, 6.07) is 5.76. The standard InChI is InChI=1S/C24H24F2N4O4/c1-2-3-4-9-27-24(34)17-13-29(19-7-5-14(25)10-18(19)26)23-16(22(17)33)6-8-20(28-23)30-12-15(31)11-21(30)32/h5-8,10,13,15,31H,2-4,9,11-12H2,1H3,(H,27,34)/t15-/m0/s1. The first-order valence-corrected chi connectivity index (χ1v) is 11.1. The van der Waals surface area contributed by atoms with Crippen LogP contribution in [0.25, 0.3) is 16.7 Å². The predicted octanol–water partition coefficient (Wildman–Crippen LogP) is 2.68. The molecule has 0 spiro atoms. The Kier molecular flexibility index (Phi) is 6.69. The van der Waals surface area contributed by atoms with E-state index in [2.05, 4.69) is 10.3 Å². The van der Waals surface area contributed by atoms with E-state index in [0.717, 1.165) is 25.3 Å². The molecule has 1 aliphatic rings. The Bertz CT molecular complexity index is 1320. The van der Waals surface area contributed by atoms with Crippen molar-refractivity contribution in [2.45, 2.75) is 38.7 Å². The van der Waals surface area contributed by atoms with E-state index < -0.39 is 29.1 Å². The summed E-state index contributed by atoms with van der Waals surface area (Å²) in [6.45, 7) is 2.44. The van der Waals surface area contributed by atoms with E-state index in [-0.39, 0.29) is 47.0 Å². The second-order valence-electron chi connectivity index (χ2n) is 8.20. The molecule has 3 aromatic rings. The molecule has 0 saturated carbocycles. The SMILES string of the molecule is CCCCCNC(=O)c1cn(-c2ccc(F)cc2F)c2nc(N3C[C@@H](O)CC3=O)ccc2c1=O. The van der Waals surface area contributed by atoms with Gasteiger partial charge in [0.2, 0.25) is 11.3 Å². The molecule has 2 aromatic heterocycles. The molecule has 0 aliphatic carbocycles. The third-order valence-electron chi connectivity index (χ3n) is 5.70. The van der Waals surface area contributed by atoms with Crippen LogP contribution in [0.15, 0.2) is 41.3 Å². The lowest BCUT2D eigenvalue weighted by Gasteiger charge is -2.18. The van der Waals surface area contributed by atoms with Crippen LogP contribution in [-0.4, -0.2) is 45.7 Å². The zero-order chi connectivity index (χ0) is 24.4. The highest BCUT2D eigenvalue weighted by Gasteiger charge is 2.30. The summed E-state index contributed by atoms with van der Waals surface area (Å²) in [5.41, 5.74) is -0.947. The highest BCUT2D eigenvalue weighted by Crippen LogP contribution is 2.25. The topological polar surface area (TPSA) is 105 Å². The Morgan fingerprint density at radius 2 is 2.00 bits per heavy atom. The Labute approximate surface area is 193 Å². The second kappa shape index (κ2) is 9.68. The average molecular weight is 470 g/mol. The summed E-state index contributed by atoms with van der Waals surface area (Å²) in [5, 5.41) is 12.5. The fourth-order valence-corrected chi connectivity index (χ4v) is 3.95. The number of halogens is 2. The van der Waals surface area contributed by atoms with Crippen molar-refractivity contribution in [1.82, 2.24) is 14.9 Å². The molecule has 2 N–H and O–H groups in total. The van der Waals surface area contributed by atoms with Gasteiger partial charge in [-0.25, -0.2) is 13.8 Å². The van der Waals surface area contributed by atoms with E-state index in [9.17, 15) is 28.3 Å². The van der Waals surface area contributed by atoms with Crippen molar-refractivity contribution in [1.29, 1.82) is 0 Å². The molecule has 8 nitrogen and oxygen atoms in total. The number of hydrogen-bond donors (Lipinski definition) is 2. The van der Waals surface area contributed by atoms with Crippen molar-refractivity contribution < 1.29 is 23.5 Å². The Hall–Kier alpha value is -3.66. The van der Waals surface area contributed by atoms with Crippen molar-refractivity contribution in [3.63, 3.8) is 0 Å². The normalized spacial score (nSPS) is 15.8. The summed E-state index contributed by atoms with van der Waals surface area (Å²) in [4.78, 5) is 43.8. The van der Waals surface area contributed by atoms with Crippen LogP contribution in [0, 0.1) is 11.6 Å². The number of nitrogens with one attached hydrogen (secondary N) is 1. The number of benzene rings is 1. The van der Waals surface area contributed by atoms with Crippen molar-refractivity contribution >= 4 is 28.7 Å². The summed E-state index contributed by atoms with van der Waals surface area (Å²) in [7, 11) is 0. The lowest BCUT2D eigenvalue weighted by atomic mass is 10.1. The number of aromatic nitrogens is 2. The van der Waals surface area contributed by atoms with E-state index in [4.69, 9.17) is 0 Å². The maximum absolute atomic E-state index is 14.7. The average Bonchev–Trinajstić information content (AvgIpc) is 3.15. The van der Waals surface area contributed by atoms with Crippen molar-refractivity contribution in [2.75, 3.05) is 18.0 Å². The van der Waals surface area contributed by atoms with Crippen LogP contribution < -0.4 is 15.6 Å². The summed E-state index contributed by atoms with van der Waals surface area (Å²) >= 11 is 0. The highest BCUT2D eigenvalue weighted by atomic mass is 19.1. The molecule has 2 amide bonds. The molecule has 0 bridgehead atoms. The number of rotatable bonds is 7. The first-order chi connectivity index (χ1) is 16.3. The zero-order valence-corrected chi connectivity index (χ0v) is 18.6. The number of pyridine rings is 2. The van der Waals surface area contributed by atoms with Crippen molar-refractivity contribution in [3.05, 3.63) is 63.9 Å². The van der Waals surface area contributed by atoms with Crippen LogP contribution in [0.3, 0.4) is 0 Å². The Balaban J connectivity index is 1.87. The third-order valence-corrected chi connectivity index (χ3v) is 5.70. The highest BCUT2D eigenvalue weighted by molar-refractivity contribution is 5.98. The van der Waals surface area contributed by atoms with Gasteiger partial charge in [0.25, 0.3) is 5.91 Å². The number of aliphatic hydroxyl groups excluding tert-OH is 1. The summed E-state index contributed by atoms with van der Waals surface area (Å²) < 4.78 is 29.5. The Morgan fingerprint density at radius 3 is 2.68 bits per heavy atom. The van der Waals surface area contributed by atoms with E-state index in [0.29, 0.717) is 12.6 Å². The van der Waals surface area contributed by atoms with E-state index in [1.165, 1.54) is 33.9 Å². The number of carbonyl (C=O) groups excluding carboxylic acids is 2. The predicted molar refractivity (Wildman–Crippen MR) is 122 cm³/mol. The molecule has 1 fully saturated rings. The van der Waals surface area contributed by atoms with Crippen molar-refractivity contribution in [3.8, 4) is 5.69 Å². The van der Waals surface area contributed by atoms with Crippen LogP contribution in [0.2, 0.25) is 0 Å². The van der Waals surface area contributed by atoms with Crippen LogP contribution in [0.4, 0.5) is 14.6 Å². The number of amides is 2. The number of aliphatic hydroxyl groups is 1. The molecule has 1 aromatic carbocycles. The quantitative estimate of drug-likeness (QED) is 0.517. The number of anilines is 1. The molecule has 1 atom stereocenters. The molecule has 4 rings (SSSR count). The van der Waals surface area contributed by atoms with Crippen LogP contribution >= 0.6 is 0 Å². The molecule has 0 radical (unpaired) electrons. The zero-order valence-electron chi connectivity index (χ0n) is 18.6. The number of β-amino-alcohol motifs (C(OH)–C–C–N with tert-alkyl or cyclic N) is 1.